The first-order valence-electron chi connectivity index (χ1n) is 5.76. The van der Waals surface area contributed by atoms with Crippen molar-refractivity contribution in [2.75, 3.05) is 39.5 Å². The van der Waals surface area contributed by atoms with Gasteiger partial charge in [-0.1, -0.05) is 22.6 Å². The molecule has 1 aliphatic heterocycles. The van der Waals surface area contributed by atoms with Gasteiger partial charge in [-0.25, -0.2) is 0 Å². The molecule has 0 aromatic carbocycles. The predicted octanol–water partition coefficient (Wildman–Crippen LogP) is 1.90. The van der Waals surface area contributed by atoms with Gasteiger partial charge in [0.2, 0.25) is 0 Å². The highest BCUT2D eigenvalue weighted by molar-refractivity contribution is 14.1. The van der Waals surface area contributed by atoms with Crippen LogP contribution in [-0.4, -0.2) is 48.5 Å². The SMILES string of the molecule is CC(I)OCC1(CN2CCOCC2)CC1. The highest BCUT2D eigenvalue weighted by Gasteiger charge is 2.44. The first kappa shape index (κ1) is 12.1. The van der Waals surface area contributed by atoms with Crippen molar-refractivity contribution in [1.82, 2.24) is 4.90 Å². The van der Waals surface area contributed by atoms with Gasteiger partial charge in [-0.2, -0.15) is 0 Å². The lowest BCUT2D eigenvalue weighted by Gasteiger charge is -2.30. The van der Waals surface area contributed by atoms with Crippen LogP contribution in [0.4, 0.5) is 0 Å². The zero-order valence-corrected chi connectivity index (χ0v) is 11.5. The maximum absolute atomic E-state index is 5.74. The molecule has 1 saturated carbocycles. The summed E-state index contributed by atoms with van der Waals surface area (Å²) >= 11 is 2.33. The maximum atomic E-state index is 5.74. The van der Waals surface area contributed by atoms with E-state index in [1.165, 1.54) is 19.4 Å². The van der Waals surface area contributed by atoms with E-state index in [2.05, 4.69) is 34.4 Å². The number of alkyl halides is 1. The molecule has 88 valence electrons. The fourth-order valence-corrected chi connectivity index (χ4v) is 2.23. The first-order chi connectivity index (χ1) is 7.20. The maximum Gasteiger partial charge on any atom is 0.106 e. The van der Waals surface area contributed by atoms with Gasteiger partial charge in [0.15, 0.2) is 0 Å². The predicted molar refractivity (Wildman–Crippen MR) is 68.4 cm³/mol. The Bertz CT molecular complexity index is 201. The number of hydrogen-bond acceptors (Lipinski definition) is 3. The van der Waals surface area contributed by atoms with E-state index in [1.54, 1.807) is 0 Å². The summed E-state index contributed by atoms with van der Waals surface area (Å²) in [5, 5.41) is 0. The van der Waals surface area contributed by atoms with E-state index in [0.717, 1.165) is 32.9 Å². The number of hydrogen-bond donors (Lipinski definition) is 0. The summed E-state index contributed by atoms with van der Waals surface area (Å²) < 4.78 is 11.4. The Morgan fingerprint density at radius 3 is 2.60 bits per heavy atom. The van der Waals surface area contributed by atoms with Gasteiger partial charge in [-0.15, -0.1) is 0 Å². The molecule has 1 heterocycles. The standard InChI is InChI=1S/C11H20INO2/c1-10(12)15-9-11(2-3-11)8-13-4-6-14-7-5-13/h10H,2-9H2,1H3. The second kappa shape index (κ2) is 5.29. The Kier molecular flexibility index (Phi) is 4.26. The third-order valence-electron chi connectivity index (χ3n) is 3.24. The molecule has 0 amide bonds. The molecule has 0 aromatic heterocycles. The van der Waals surface area contributed by atoms with Crippen LogP contribution in [0.15, 0.2) is 0 Å². The van der Waals surface area contributed by atoms with Crippen molar-refractivity contribution in [3.63, 3.8) is 0 Å². The Morgan fingerprint density at radius 2 is 2.07 bits per heavy atom. The molecule has 2 aliphatic rings. The van der Waals surface area contributed by atoms with E-state index in [9.17, 15) is 0 Å². The van der Waals surface area contributed by atoms with Crippen LogP contribution in [-0.2, 0) is 9.47 Å². The normalized spacial score (nSPS) is 27.6. The fraction of sp³-hybridized carbons (Fsp3) is 1.00. The molecule has 1 saturated heterocycles. The van der Waals surface area contributed by atoms with E-state index < -0.39 is 0 Å². The average molecular weight is 325 g/mol. The number of nitrogens with zero attached hydrogens (tertiary/aromatic N) is 1. The van der Waals surface area contributed by atoms with Gasteiger partial charge in [0.05, 0.1) is 19.8 Å². The van der Waals surface area contributed by atoms with E-state index in [4.69, 9.17) is 9.47 Å². The van der Waals surface area contributed by atoms with Gasteiger partial charge < -0.3 is 9.47 Å². The molecule has 3 nitrogen and oxygen atoms in total. The molecule has 0 N–H and O–H groups in total. The van der Waals surface area contributed by atoms with Crippen molar-refractivity contribution in [2.45, 2.75) is 23.9 Å². The van der Waals surface area contributed by atoms with E-state index in [0.29, 0.717) is 9.53 Å². The minimum atomic E-state index is 0.338. The first-order valence-corrected chi connectivity index (χ1v) is 7.01. The van der Waals surface area contributed by atoms with Crippen molar-refractivity contribution in [2.24, 2.45) is 5.41 Å². The minimum Gasteiger partial charge on any atom is -0.379 e. The van der Waals surface area contributed by atoms with Crippen LogP contribution in [0.2, 0.25) is 0 Å². The summed E-state index contributed by atoms with van der Waals surface area (Å²) in [5.74, 6) is 0. The Hall–Kier alpha value is 0.610. The lowest BCUT2D eigenvalue weighted by Crippen LogP contribution is -2.41. The summed E-state index contributed by atoms with van der Waals surface area (Å²) in [6.07, 6.45) is 2.68. The molecular formula is C11H20INO2. The minimum absolute atomic E-state index is 0.338. The van der Waals surface area contributed by atoms with Crippen LogP contribution >= 0.6 is 22.6 Å². The van der Waals surface area contributed by atoms with Crippen molar-refractivity contribution in [3.8, 4) is 0 Å². The van der Waals surface area contributed by atoms with Gasteiger partial charge in [-0.3, -0.25) is 4.90 Å². The zero-order valence-electron chi connectivity index (χ0n) is 9.38. The quantitative estimate of drug-likeness (QED) is 0.569. The van der Waals surface area contributed by atoms with Gasteiger partial charge in [-0.05, 0) is 19.8 Å². The molecule has 4 heteroatoms. The third-order valence-corrected chi connectivity index (χ3v) is 3.60. The topological polar surface area (TPSA) is 21.7 Å². The van der Waals surface area contributed by atoms with Crippen LogP contribution in [0, 0.1) is 5.41 Å². The van der Waals surface area contributed by atoms with Crippen molar-refractivity contribution in [3.05, 3.63) is 0 Å². The summed E-state index contributed by atoms with van der Waals surface area (Å²) in [4.78, 5) is 2.53. The van der Waals surface area contributed by atoms with Crippen LogP contribution < -0.4 is 0 Å². The van der Waals surface area contributed by atoms with Crippen LogP contribution in [0.5, 0.6) is 0 Å². The van der Waals surface area contributed by atoms with Crippen molar-refractivity contribution in [1.29, 1.82) is 0 Å². The molecule has 1 atom stereocenters. The van der Waals surface area contributed by atoms with E-state index >= 15 is 0 Å². The molecule has 15 heavy (non-hydrogen) atoms. The summed E-state index contributed by atoms with van der Waals surface area (Å²) in [5.41, 5.74) is 0.483. The molecule has 0 radical (unpaired) electrons. The molecule has 2 rings (SSSR count). The second-order valence-corrected chi connectivity index (χ2v) is 6.50. The van der Waals surface area contributed by atoms with Gasteiger partial charge in [0.25, 0.3) is 0 Å². The van der Waals surface area contributed by atoms with Crippen molar-refractivity contribution < 1.29 is 9.47 Å². The lowest BCUT2D eigenvalue weighted by molar-refractivity contribution is 0.0123. The molecule has 0 spiro atoms. The fourth-order valence-electron chi connectivity index (χ4n) is 2.05. The highest BCUT2D eigenvalue weighted by atomic mass is 127. The molecular weight excluding hydrogens is 305 g/mol. The van der Waals surface area contributed by atoms with Crippen LogP contribution in [0.3, 0.4) is 0 Å². The molecule has 1 aliphatic carbocycles. The smallest absolute Gasteiger partial charge is 0.106 e. The molecule has 1 unspecified atom stereocenters. The Labute approximate surface area is 106 Å². The molecule has 0 bridgehead atoms. The summed E-state index contributed by atoms with van der Waals surface area (Å²) in [7, 11) is 0. The number of ether oxygens (including phenoxy) is 2. The van der Waals surface area contributed by atoms with Gasteiger partial charge >= 0.3 is 0 Å². The molecule has 0 aromatic rings. The van der Waals surface area contributed by atoms with E-state index in [-0.39, 0.29) is 0 Å². The average Bonchev–Trinajstić information content (AvgIpc) is 2.97. The second-order valence-electron chi connectivity index (χ2n) is 4.74. The largest absolute Gasteiger partial charge is 0.379 e. The third kappa shape index (κ3) is 3.84. The lowest BCUT2D eigenvalue weighted by atomic mass is 10.1. The highest BCUT2D eigenvalue weighted by Crippen LogP contribution is 2.46. The van der Waals surface area contributed by atoms with Crippen molar-refractivity contribution >= 4 is 22.6 Å². The van der Waals surface area contributed by atoms with Crippen LogP contribution in [0.25, 0.3) is 0 Å². The monoisotopic (exact) mass is 325 g/mol. The summed E-state index contributed by atoms with van der Waals surface area (Å²) in [6, 6.07) is 0. The number of halogens is 1. The molecule has 2 fully saturated rings. The van der Waals surface area contributed by atoms with Gasteiger partial charge in [0.1, 0.15) is 4.11 Å². The number of morpholine rings is 1. The Balaban J connectivity index is 1.72. The van der Waals surface area contributed by atoms with Gasteiger partial charge in [0, 0.05) is 25.0 Å². The van der Waals surface area contributed by atoms with E-state index in [1.807, 2.05) is 0 Å². The van der Waals surface area contributed by atoms with Crippen LogP contribution in [0.1, 0.15) is 19.8 Å². The number of rotatable bonds is 5. The Morgan fingerprint density at radius 1 is 1.40 bits per heavy atom. The summed E-state index contributed by atoms with van der Waals surface area (Å²) in [6.45, 7) is 8.25. The zero-order chi connectivity index (χ0) is 10.7.